The Bertz CT molecular complexity index is 1130. The Morgan fingerprint density at radius 3 is 2.41 bits per heavy atom. The molecule has 7 nitrogen and oxygen atoms in total. The number of nitrogens with zero attached hydrogens (tertiary/aromatic N) is 3. The van der Waals surface area contributed by atoms with Crippen molar-refractivity contribution in [1.82, 2.24) is 13.9 Å². The number of ether oxygens (including phenoxy) is 1. The molecule has 2 aromatic heterocycles. The van der Waals surface area contributed by atoms with Crippen LogP contribution in [0.4, 0.5) is 0 Å². The zero-order valence-corrected chi connectivity index (χ0v) is 18.2. The average Bonchev–Trinajstić information content (AvgIpc) is 3.19. The molecule has 0 spiro atoms. The van der Waals surface area contributed by atoms with Crippen molar-refractivity contribution in [3.8, 4) is 16.3 Å². The van der Waals surface area contributed by atoms with Crippen molar-refractivity contribution in [2.75, 3.05) is 20.2 Å². The van der Waals surface area contributed by atoms with Gasteiger partial charge in [0.25, 0.3) is 5.56 Å². The topological polar surface area (TPSA) is 81.5 Å². The quantitative estimate of drug-likeness (QED) is 0.545. The lowest BCUT2D eigenvalue weighted by atomic mass is 10.2. The number of sulfonamides is 1. The number of hydrogen-bond donors (Lipinski definition) is 0. The molecule has 0 atom stereocenters. The Labute approximate surface area is 174 Å². The van der Waals surface area contributed by atoms with E-state index in [-0.39, 0.29) is 17.0 Å². The first-order valence-corrected chi connectivity index (χ1v) is 11.5. The van der Waals surface area contributed by atoms with Crippen molar-refractivity contribution in [3.63, 3.8) is 0 Å². The summed E-state index contributed by atoms with van der Waals surface area (Å²) in [6, 6.07) is 10.2. The summed E-state index contributed by atoms with van der Waals surface area (Å²) in [6.07, 6.45) is 1.39. The van der Waals surface area contributed by atoms with E-state index in [0.717, 1.165) is 16.3 Å². The minimum atomic E-state index is -3.63. The Hall–Kier alpha value is -2.49. The first-order chi connectivity index (χ1) is 13.9. The average molecular weight is 434 g/mol. The van der Waals surface area contributed by atoms with Crippen LogP contribution in [0.5, 0.6) is 5.75 Å². The fraction of sp³-hybridized carbons (Fsp3) is 0.300. The van der Waals surface area contributed by atoms with Crippen LogP contribution >= 0.6 is 11.3 Å². The van der Waals surface area contributed by atoms with Gasteiger partial charge in [-0.2, -0.15) is 4.31 Å². The van der Waals surface area contributed by atoms with Crippen molar-refractivity contribution in [2.24, 2.45) is 0 Å². The Morgan fingerprint density at radius 1 is 1.10 bits per heavy atom. The second-order valence-corrected chi connectivity index (χ2v) is 9.09. The highest BCUT2D eigenvalue weighted by Crippen LogP contribution is 2.26. The molecule has 3 aromatic rings. The summed E-state index contributed by atoms with van der Waals surface area (Å²) in [6.45, 7) is 4.51. The first kappa shape index (κ1) is 21.2. The summed E-state index contributed by atoms with van der Waals surface area (Å²) in [4.78, 5) is 17.0. The van der Waals surface area contributed by atoms with E-state index >= 15 is 0 Å². The summed E-state index contributed by atoms with van der Waals surface area (Å²) < 4.78 is 33.4. The second kappa shape index (κ2) is 8.89. The zero-order chi connectivity index (χ0) is 21.0. The van der Waals surface area contributed by atoms with Crippen molar-refractivity contribution >= 4 is 21.4 Å². The maximum Gasteiger partial charge on any atom is 0.250 e. The second-order valence-electron chi connectivity index (χ2n) is 6.29. The van der Waals surface area contributed by atoms with Crippen LogP contribution in [-0.2, 0) is 16.6 Å². The van der Waals surface area contributed by atoms with Crippen LogP contribution in [0.2, 0.25) is 0 Å². The molecule has 0 aliphatic heterocycles. The van der Waals surface area contributed by atoms with Crippen LogP contribution in [0.1, 0.15) is 19.5 Å². The molecule has 0 radical (unpaired) electrons. The summed E-state index contributed by atoms with van der Waals surface area (Å²) in [5.74, 6) is 0.767. The van der Waals surface area contributed by atoms with Crippen LogP contribution in [0.15, 0.2) is 57.7 Å². The van der Waals surface area contributed by atoms with Gasteiger partial charge in [-0.3, -0.25) is 4.79 Å². The van der Waals surface area contributed by atoms with E-state index in [1.807, 2.05) is 29.6 Å². The minimum Gasteiger partial charge on any atom is -0.497 e. The summed E-state index contributed by atoms with van der Waals surface area (Å²) in [7, 11) is -2.02. The maximum absolute atomic E-state index is 12.7. The third-order valence-corrected chi connectivity index (χ3v) is 7.49. The van der Waals surface area contributed by atoms with Crippen LogP contribution in [0, 0.1) is 0 Å². The lowest BCUT2D eigenvalue weighted by Crippen LogP contribution is -2.32. The fourth-order valence-electron chi connectivity index (χ4n) is 2.92. The molecule has 0 unspecified atom stereocenters. The Kier molecular flexibility index (Phi) is 6.51. The lowest BCUT2D eigenvalue weighted by molar-refractivity contribution is 0.415. The van der Waals surface area contributed by atoms with Gasteiger partial charge in [0, 0.05) is 36.3 Å². The standard InChI is InChI=1S/C20H23N3O4S2/c1-4-23(5-2)29(25,26)18-10-11-19(24)22(13-18)12-16-14-28-20(21-16)15-6-8-17(27-3)9-7-15/h6-11,13-14H,4-5,12H2,1-3H3. The van der Waals surface area contributed by atoms with E-state index in [4.69, 9.17) is 4.74 Å². The molecule has 0 aliphatic rings. The van der Waals surface area contributed by atoms with Crippen LogP contribution < -0.4 is 10.3 Å². The SMILES string of the molecule is CCN(CC)S(=O)(=O)c1ccc(=O)n(Cc2csc(-c3ccc(OC)cc3)n2)c1. The van der Waals surface area contributed by atoms with Gasteiger partial charge in [-0.25, -0.2) is 13.4 Å². The Balaban J connectivity index is 1.87. The summed E-state index contributed by atoms with van der Waals surface area (Å²) in [5, 5.41) is 2.69. The van der Waals surface area contributed by atoms with Crippen LogP contribution in [0.25, 0.3) is 10.6 Å². The maximum atomic E-state index is 12.7. The zero-order valence-electron chi connectivity index (χ0n) is 16.5. The third-order valence-electron chi connectivity index (χ3n) is 4.52. The predicted molar refractivity (Wildman–Crippen MR) is 114 cm³/mol. The van der Waals surface area contributed by atoms with Crippen molar-refractivity contribution in [1.29, 1.82) is 0 Å². The molecule has 1 aromatic carbocycles. The molecule has 9 heteroatoms. The fourth-order valence-corrected chi connectivity index (χ4v) is 5.21. The van der Waals surface area contributed by atoms with Gasteiger partial charge in [0.05, 0.1) is 24.2 Å². The van der Waals surface area contributed by atoms with Gasteiger partial charge in [0.2, 0.25) is 10.0 Å². The molecule has 0 bridgehead atoms. The first-order valence-electron chi connectivity index (χ1n) is 9.18. The number of pyridine rings is 1. The van der Waals surface area contributed by atoms with Gasteiger partial charge in [-0.1, -0.05) is 13.8 Å². The van der Waals surface area contributed by atoms with Gasteiger partial charge in [0.15, 0.2) is 0 Å². The summed E-state index contributed by atoms with van der Waals surface area (Å²) >= 11 is 1.47. The van der Waals surface area contributed by atoms with Crippen molar-refractivity contribution in [2.45, 2.75) is 25.3 Å². The van der Waals surface area contributed by atoms with E-state index in [2.05, 4.69) is 4.98 Å². The van der Waals surface area contributed by atoms with Gasteiger partial charge in [-0.15, -0.1) is 11.3 Å². The molecule has 3 rings (SSSR count). The monoisotopic (exact) mass is 433 g/mol. The molecule has 154 valence electrons. The van der Waals surface area contributed by atoms with Gasteiger partial charge < -0.3 is 9.30 Å². The molecule has 2 heterocycles. The molecular formula is C20H23N3O4S2. The van der Waals surface area contributed by atoms with Gasteiger partial charge in [0.1, 0.15) is 10.8 Å². The Morgan fingerprint density at radius 2 is 1.79 bits per heavy atom. The van der Waals surface area contributed by atoms with Crippen LogP contribution in [0.3, 0.4) is 0 Å². The number of hydrogen-bond acceptors (Lipinski definition) is 6. The molecule has 0 saturated carbocycles. The highest BCUT2D eigenvalue weighted by molar-refractivity contribution is 7.89. The van der Waals surface area contributed by atoms with Gasteiger partial charge >= 0.3 is 0 Å². The highest BCUT2D eigenvalue weighted by Gasteiger charge is 2.22. The number of rotatable bonds is 8. The van der Waals surface area contributed by atoms with E-state index in [1.165, 1.54) is 38.5 Å². The highest BCUT2D eigenvalue weighted by atomic mass is 32.2. The summed E-state index contributed by atoms with van der Waals surface area (Å²) in [5.41, 5.74) is 1.37. The third kappa shape index (κ3) is 4.58. The van der Waals surface area contributed by atoms with E-state index in [9.17, 15) is 13.2 Å². The number of benzene rings is 1. The lowest BCUT2D eigenvalue weighted by Gasteiger charge is -2.18. The van der Waals surface area contributed by atoms with Crippen molar-refractivity contribution in [3.05, 3.63) is 64.0 Å². The predicted octanol–water partition coefficient (Wildman–Crippen LogP) is 3.06. The van der Waals surface area contributed by atoms with E-state index in [0.29, 0.717) is 18.8 Å². The largest absolute Gasteiger partial charge is 0.497 e. The van der Waals surface area contributed by atoms with E-state index < -0.39 is 10.0 Å². The number of aromatic nitrogens is 2. The molecule has 29 heavy (non-hydrogen) atoms. The van der Waals surface area contributed by atoms with Crippen LogP contribution in [-0.4, -0.2) is 42.5 Å². The number of methoxy groups -OCH3 is 1. The van der Waals surface area contributed by atoms with E-state index in [1.54, 1.807) is 21.0 Å². The van der Waals surface area contributed by atoms with Crippen molar-refractivity contribution < 1.29 is 13.2 Å². The normalized spacial score (nSPS) is 11.7. The van der Waals surface area contributed by atoms with Gasteiger partial charge in [-0.05, 0) is 30.3 Å². The molecule has 0 amide bonds. The minimum absolute atomic E-state index is 0.103. The molecule has 0 saturated heterocycles. The molecule has 0 N–H and O–H groups in total. The molecule has 0 aliphatic carbocycles. The number of thiazole rings is 1. The smallest absolute Gasteiger partial charge is 0.250 e. The molecule has 0 fully saturated rings. The molecular weight excluding hydrogens is 410 g/mol.